The van der Waals surface area contributed by atoms with E-state index < -0.39 is 5.41 Å². The van der Waals surface area contributed by atoms with Gasteiger partial charge in [0.2, 0.25) is 5.91 Å². The summed E-state index contributed by atoms with van der Waals surface area (Å²) < 4.78 is 0. The first kappa shape index (κ1) is 19.2. The van der Waals surface area contributed by atoms with Gasteiger partial charge in [0, 0.05) is 17.3 Å². The Labute approximate surface area is 172 Å². The molecule has 0 spiro atoms. The Morgan fingerprint density at radius 1 is 1.00 bits per heavy atom. The highest BCUT2D eigenvalue weighted by atomic mass is 16.2. The molecule has 29 heavy (non-hydrogen) atoms. The third-order valence-corrected chi connectivity index (χ3v) is 6.05. The lowest BCUT2D eigenvalue weighted by Gasteiger charge is -2.35. The van der Waals surface area contributed by atoms with Gasteiger partial charge in [0.25, 0.3) is 0 Å². The maximum Gasteiger partial charge on any atom is 0.242 e. The van der Waals surface area contributed by atoms with E-state index in [1.165, 1.54) is 6.42 Å². The van der Waals surface area contributed by atoms with E-state index in [0.29, 0.717) is 5.69 Å². The molecule has 0 saturated heterocycles. The molecular weight excluding hydrogens is 356 g/mol. The summed E-state index contributed by atoms with van der Waals surface area (Å²) in [7, 11) is 0. The first-order valence-electron chi connectivity index (χ1n) is 10.4. The van der Waals surface area contributed by atoms with Crippen LogP contribution in [0.15, 0.2) is 66.9 Å². The summed E-state index contributed by atoms with van der Waals surface area (Å²) >= 11 is 0. The van der Waals surface area contributed by atoms with Gasteiger partial charge in [-0.25, -0.2) is 4.98 Å². The van der Waals surface area contributed by atoms with Crippen molar-refractivity contribution in [1.82, 2.24) is 4.98 Å². The summed E-state index contributed by atoms with van der Waals surface area (Å²) in [5.41, 5.74) is 0.789. The number of anilines is 1. The second kappa shape index (κ2) is 8.49. The summed E-state index contributed by atoms with van der Waals surface area (Å²) in [6.07, 6.45) is 7.37. The number of nitrogens with one attached hydrogen (secondary N) is 1. The lowest BCUT2D eigenvalue weighted by atomic mass is 9.69. The van der Waals surface area contributed by atoms with Crippen LogP contribution >= 0.6 is 0 Å². The number of pyridine rings is 1. The number of carbonyl (C=O) groups excluding carboxylic acids is 1. The number of fused-ring (bicyclic) bond motifs is 1. The summed E-state index contributed by atoms with van der Waals surface area (Å²) in [5.74, 6) is 6.72. The Bertz CT molecular complexity index is 1050. The number of rotatable bonds is 3. The lowest BCUT2D eigenvalue weighted by Crippen LogP contribution is -2.40. The molecule has 1 N–H and O–H groups in total. The molecule has 3 aromatic rings. The van der Waals surface area contributed by atoms with E-state index in [-0.39, 0.29) is 11.8 Å². The van der Waals surface area contributed by atoms with Crippen LogP contribution in [0, 0.1) is 23.2 Å². The molecule has 1 aromatic heterocycles. The van der Waals surface area contributed by atoms with Crippen molar-refractivity contribution in [2.45, 2.75) is 39.0 Å². The van der Waals surface area contributed by atoms with E-state index >= 15 is 0 Å². The third kappa shape index (κ3) is 4.17. The van der Waals surface area contributed by atoms with Gasteiger partial charge in [-0.15, -0.1) is 0 Å². The third-order valence-electron chi connectivity index (χ3n) is 6.05. The van der Waals surface area contributed by atoms with E-state index in [2.05, 4.69) is 34.3 Å². The van der Waals surface area contributed by atoms with Gasteiger partial charge in [0.15, 0.2) is 0 Å². The first-order valence-corrected chi connectivity index (χ1v) is 10.4. The Morgan fingerprint density at radius 2 is 1.76 bits per heavy atom. The molecule has 1 fully saturated rings. The van der Waals surface area contributed by atoms with E-state index in [4.69, 9.17) is 0 Å². The second-order valence-electron chi connectivity index (χ2n) is 7.98. The number of benzene rings is 2. The van der Waals surface area contributed by atoms with Crippen molar-refractivity contribution in [3.8, 4) is 11.8 Å². The molecule has 0 unspecified atom stereocenters. The zero-order chi connectivity index (χ0) is 20.1. The van der Waals surface area contributed by atoms with Crippen molar-refractivity contribution in [3.63, 3.8) is 0 Å². The van der Waals surface area contributed by atoms with Gasteiger partial charge in [-0.3, -0.25) is 4.79 Å². The van der Waals surface area contributed by atoms with Gasteiger partial charge in [0.1, 0.15) is 11.1 Å². The molecule has 1 amide bonds. The molecule has 2 aromatic carbocycles. The Balaban J connectivity index is 1.68. The minimum atomic E-state index is -0.755. The van der Waals surface area contributed by atoms with E-state index in [9.17, 15) is 4.79 Å². The SMILES string of the molecule is C[C@](C#Cc1ccccn1)(C(=O)Nc1cccc2ccccc12)C1CCCCC1. The highest BCUT2D eigenvalue weighted by molar-refractivity contribution is 6.05. The minimum absolute atomic E-state index is 0.0239. The normalized spacial score (nSPS) is 16.4. The Hall–Kier alpha value is -3.12. The van der Waals surface area contributed by atoms with E-state index in [1.807, 2.05) is 55.5 Å². The van der Waals surface area contributed by atoms with Crippen LogP contribution < -0.4 is 5.32 Å². The zero-order valence-electron chi connectivity index (χ0n) is 16.8. The Kier molecular flexibility index (Phi) is 5.62. The average molecular weight is 383 g/mol. The number of nitrogens with zero attached hydrogens (tertiary/aromatic N) is 1. The molecule has 0 radical (unpaired) electrons. The van der Waals surface area contributed by atoms with Gasteiger partial charge in [-0.2, -0.15) is 0 Å². The van der Waals surface area contributed by atoms with Crippen LogP contribution in [0.5, 0.6) is 0 Å². The van der Waals surface area contributed by atoms with Crippen LogP contribution in [-0.4, -0.2) is 10.9 Å². The van der Waals surface area contributed by atoms with Crippen LogP contribution in [0.4, 0.5) is 5.69 Å². The van der Waals surface area contributed by atoms with Gasteiger partial charge in [0.05, 0.1) is 0 Å². The Morgan fingerprint density at radius 3 is 2.55 bits per heavy atom. The largest absolute Gasteiger partial charge is 0.324 e. The van der Waals surface area contributed by atoms with Crippen molar-refractivity contribution < 1.29 is 4.79 Å². The second-order valence-corrected chi connectivity index (χ2v) is 7.98. The molecule has 3 heteroatoms. The van der Waals surface area contributed by atoms with Gasteiger partial charge in [-0.05, 0) is 55.2 Å². The van der Waals surface area contributed by atoms with Gasteiger partial charge < -0.3 is 5.32 Å². The molecular formula is C26H26N2O. The maximum atomic E-state index is 13.6. The summed E-state index contributed by atoms with van der Waals surface area (Å²) in [5, 5.41) is 5.36. The fourth-order valence-electron chi connectivity index (χ4n) is 4.24. The molecule has 0 aliphatic heterocycles. The van der Waals surface area contributed by atoms with Crippen molar-refractivity contribution >= 4 is 22.4 Å². The van der Waals surface area contributed by atoms with Crippen molar-refractivity contribution in [2.24, 2.45) is 11.3 Å². The van der Waals surface area contributed by atoms with Crippen LogP contribution in [-0.2, 0) is 4.79 Å². The fourth-order valence-corrected chi connectivity index (χ4v) is 4.24. The molecule has 4 rings (SSSR count). The van der Waals surface area contributed by atoms with Crippen molar-refractivity contribution in [2.75, 3.05) is 5.32 Å². The summed E-state index contributed by atoms with van der Waals surface area (Å²) in [4.78, 5) is 17.9. The highest BCUT2D eigenvalue weighted by Gasteiger charge is 2.40. The molecule has 1 heterocycles. The molecule has 146 valence electrons. The highest BCUT2D eigenvalue weighted by Crippen LogP contribution is 2.39. The van der Waals surface area contributed by atoms with Crippen LogP contribution in [0.25, 0.3) is 10.8 Å². The van der Waals surface area contributed by atoms with Crippen molar-refractivity contribution in [3.05, 3.63) is 72.6 Å². The number of hydrogen-bond donors (Lipinski definition) is 1. The first-order chi connectivity index (χ1) is 14.2. The summed E-state index contributed by atoms with van der Waals surface area (Å²) in [6, 6.07) is 19.8. The molecule has 0 bridgehead atoms. The van der Waals surface area contributed by atoms with Crippen LogP contribution in [0.2, 0.25) is 0 Å². The van der Waals surface area contributed by atoms with E-state index in [0.717, 1.165) is 42.1 Å². The van der Waals surface area contributed by atoms with Crippen molar-refractivity contribution in [1.29, 1.82) is 0 Å². The standard InChI is InChI=1S/C26H26N2O/c1-26(21-12-3-2-4-13-21,18-17-22-14-7-8-19-27-22)25(29)28-24-16-9-11-20-10-5-6-15-23(20)24/h5-11,14-16,19,21H,2-4,12-13H2,1H3,(H,28,29)/t26-/m1/s1. The molecule has 1 atom stereocenters. The van der Waals surface area contributed by atoms with Gasteiger partial charge in [-0.1, -0.05) is 67.6 Å². The van der Waals surface area contributed by atoms with Crippen LogP contribution in [0.1, 0.15) is 44.7 Å². The number of carbonyl (C=O) groups is 1. The molecule has 1 saturated carbocycles. The predicted octanol–water partition coefficient (Wildman–Crippen LogP) is 5.81. The fraction of sp³-hybridized carbons (Fsp3) is 0.308. The predicted molar refractivity (Wildman–Crippen MR) is 118 cm³/mol. The molecule has 1 aliphatic rings. The van der Waals surface area contributed by atoms with E-state index in [1.54, 1.807) is 6.20 Å². The molecule has 3 nitrogen and oxygen atoms in total. The van der Waals surface area contributed by atoms with Crippen LogP contribution in [0.3, 0.4) is 0 Å². The minimum Gasteiger partial charge on any atom is -0.324 e. The lowest BCUT2D eigenvalue weighted by molar-refractivity contribution is -0.124. The average Bonchev–Trinajstić information content (AvgIpc) is 2.79. The zero-order valence-corrected chi connectivity index (χ0v) is 16.8. The monoisotopic (exact) mass is 382 g/mol. The number of amides is 1. The molecule has 1 aliphatic carbocycles. The quantitative estimate of drug-likeness (QED) is 0.581. The smallest absolute Gasteiger partial charge is 0.242 e. The number of hydrogen-bond acceptors (Lipinski definition) is 2. The maximum absolute atomic E-state index is 13.6. The topological polar surface area (TPSA) is 42.0 Å². The summed E-state index contributed by atoms with van der Waals surface area (Å²) in [6.45, 7) is 2.00. The number of aromatic nitrogens is 1. The van der Waals surface area contributed by atoms with Gasteiger partial charge >= 0.3 is 0 Å².